The van der Waals surface area contributed by atoms with Gasteiger partial charge >= 0.3 is 0 Å². The average molecular weight is 283 g/mol. The van der Waals surface area contributed by atoms with E-state index in [9.17, 15) is 0 Å². The fraction of sp³-hybridized carbons (Fsp3) is 0.0625. The van der Waals surface area contributed by atoms with Gasteiger partial charge in [-0.15, -0.1) is 11.3 Å². The Kier molecular flexibility index (Phi) is 3.76. The molecule has 0 aliphatic rings. The number of hydrogen-bond donors (Lipinski definition) is 0. The van der Waals surface area contributed by atoms with Gasteiger partial charge in [0.25, 0.3) is 0 Å². The van der Waals surface area contributed by atoms with Gasteiger partial charge in [-0.3, -0.25) is 0 Å². The van der Waals surface area contributed by atoms with Crippen molar-refractivity contribution in [3.05, 3.63) is 60.0 Å². The first-order valence-corrected chi connectivity index (χ1v) is 7.07. The standard InChI is InChI=1S/C16H13NO2S/c1-18-19-13-10-14(12-6-3-2-4-7-12)17-15(11-13)16-8-5-9-20-16/h2-11H,1H3. The third-order valence-electron chi connectivity index (χ3n) is 2.82. The second kappa shape index (κ2) is 5.86. The van der Waals surface area contributed by atoms with E-state index in [0.717, 1.165) is 21.8 Å². The van der Waals surface area contributed by atoms with E-state index in [1.165, 1.54) is 7.11 Å². The zero-order valence-electron chi connectivity index (χ0n) is 10.9. The predicted molar refractivity (Wildman–Crippen MR) is 80.6 cm³/mol. The normalized spacial score (nSPS) is 10.4. The maximum absolute atomic E-state index is 5.17. The van der Waals surface area contributed by atoms with Crippen LogP contribution in [0.25, 0.3) is 21.8 Å². The van der Waals surface area contributed by atoms with Crippen molar-refractivity contribution in [2.24, 2.45) is 0 Å². The van der Waals surface area contributed by atoms with Crippen LogP contribution in [0.5, 0.6) is 5.75 Å². The number of pyridine rings is 1. The lowest BCUT2D eigenvalue weighted by Gasteiger charge is -2.07. The predicted octanol–water partition coefficient (Wildman–Crippen LogP) is 4.42. The van der Waals surface area contributed by atoms with Gasteiger partial charge in [-0.2, -0.15) is 4.89 Å². The lowest BCUT2D eigenvalue weighted by atomic mass is 10.1. The van der Waals surface area contributed by atoms with Gasteiger partial charge in [-0.1, -0.05) is 36.4 Å². The number of aromatic nitrogens is 1. The SMILES string of the molecule is COOc1cc(-c2ccccc2)nc(-c2cccs2)c1. The molecule has 0 N–H and O–H groups in total. The minimum absolute atomic E-state index is 0.643. The molecule has 3 rings (SSSR count). The lowest BCUT2D eigenvalue weighted by Crippen LogP contribution is -1.94. The lowest BCUT2D eigenvalue weighted by molar-refractivity contribution is -0.178. The summed E-state index contributed by atoms with van der Waals surface area (Å²) < 4.78 is 0. The number of nitrogens with zero attached hydrogens (tertiary/aromatic N) is 1. The average Bonchev–Trinajstić information content (AvgIpc) is 3.02. The molecule has 0 fully saturated rings. The van der Waals surface area contributed by atoms with Gasteiger partial charge in [-0.05, 0) is 11.4 Å². The van der Waals surface area contributed by atoms with Gasteiger partial charge in [0.15, 0.2) is 5.75 Å². The van der Waals surface area contributed by atoms with Crippen LogP contribution >= 0.6 is 11.3 Å². The van der Waals surface area contributed by atoms with Gasteiger partial charge in [0, 0.05) is 17.7 Å². The molecule has 2 heterocycles. The molecule has 4 heteroatoms. The Bertz CT molecular complexity index is 681. The molecule has 0 saturated carbocycles. The fourth-order valence-corrected chi connectivity index (χ4v) is 2.64. The molecule has 100 valence electrons. The summed E-state index contributed by atoms with van der Waals surface area (Å²) in [6.07, 6.45) is 0. The molecule has 0 bridgehead atoms. The highest BCUT2D eigenvalue weighted by Crippen LogP contribution is 2.30. The van der Waals surface area contributed by atoms with Crippen LogP contribution in [-0.2, 0) is 4.89 Å². The Morgan fingerprint density at radius 3 is 2.45 bits per heavy atom. The van der Waals surface area contributed by atoms with Gasteiger partial charge in [0.05, 0.1) is 23.4 Å². The van der Waals surface area contributed by atoms with Gasteiger partial charge in [-0.25, -0.2) is 4.98 Å². The zero-order valence-corrected chi connectivity index (χ0v) is 11.8. The Morgan fingerprint density at radius 1 is 0.950 bits per heavy atom. The Morgan fingerprint density at radius 2 is 1.75 bits per heavy atom. The van der Waals surface area contributed by atoms with Crippen molar-refractivity contribution in [2.45, 2.75) is 0 Å². The summed E-state index contributed by atoms with van der Waals surface area (Å²) in [4.78, 5) is 15.7. The molecule has 2 aromatic heterocycles. The molecule has 3 aromatic rings. The molecule has 1 aromatic carbocycles. The van der Waals surface area contributed by atoms with Crippen LogP contribution in [0.1, 0.15) is 0 Å². The molecule has 0 unspecified atom stereocenters. The first-order valence-electron chi connectivity index (χ1n) is 6.19. The number of rotatable bonds is 4. The van der Waals surface area contributed by atoms with Crippen LogP contribution in [0.2, 0.25) is 0 Å². The summed E-state index contributed by atoms with van der Waals surface area (Å²) in [5, 5.41) is 2.03. The highest BCUT2D eigenvalue weighted by atomic mass is 32.1. The van der Waals surface area contributed by atoms with Crippen LogP contribution in [0, 0.1) is 0 Å². The second-order valence-corrected chi connectivity index (χ2v) is 5.11. The smallest absolute Gasteiger partial charge is 0.169 e. The van der Waals surface area contributed by atoms with E-state index in [0.29, 0.717) is 5.75 Å². The van der Waals surface area contributed by atoms with E-state index >= 15 is 0 Å². The van der Waals surface area contributed by atoms with Crippen molar-refractivity contribution in [1.82, 2.24) is 4.98 Å². The van der Waals surface area contributed by atoms with Crippen LogP contribution in [0.15, 0.2) is 60.0 Å². The topological polar surface area (TPSA) is 31.4 Å². The van der Waals surface area contributed by atoms with Crippen LogP contribution in [0.4, 0.5) is 0 Å². The Hall–Kier alpha value is -2.17. The van der Waals surface area contributed by atoms with E-state index in [1.54, 1.807) is 11.3 Å². The van der Waals surface area contributed by atoms with E-state index in [1.807, 2.05) is 60.0 Å². The van der Waals surface area contributed by atoms with Crippen molar-refractivity contribution in [3.63, 3.8) is 0 Å². The molecule has 20 heavy (non-hydrogen) atoms. The largest absolute Gasteiger partial charge is 0.338 e. The van der Waals surface area contributed by atoms with Gasteiger partial charge in [0.1, 0.15) is 0 Å². The molecule has 0 aliphatic heterocycles. The first kappa shape index (κ1) is 12.8. The minimum atomic E-state index is 0.643. The quantitative estimate of drug-likeness (QED) is 0.525. The van der Waals surface area contributed by atoms with Crippen LogP contribution < -0.4 is 4.89 Å². The van der Waals surface area contributed by atoms with Crippen molar-refractivity contribution >= 4 is 11.3 Å². The van der Waals surface area contributed by atoms with E-state index in [-0.39, 0.29) is 0 Å². The Balaban J connectivity index is 2.10. The summed E-state index contributed by atoms with van der Waals surface area (Å²) in [6, 6.07) is 17.8. The molecule has 0 aliphatic carbocycles. The third kappa shape index (κ3) is 2.71. The highest BCUT2D eigenvalue weighted by molar-refractivity contribution is 7.13. The minimum Gasteiger partial charge on any atom is -0.338 e. The highest BCUT2D eigenvalue weighted by Gasteiger charge is 2.09. The molecule has 0 atom stereocenters. The molecule has 0 spiro atoms. The third-order valence-corrected chi connectivity index (χ3v) is 3.71. The van der Waals surface area contributed by atoms with Gasteiger partial charge < -0.3 is 4.89 Å². The summed E-state index contributed by atoms with van der Waals surface area (Å²) in [6.45, 7) is 0. The van der Waals surface area contributed by atoms with Crippen LogP contribution in [0.3, 0.4) is 0 Å². The second-order valence-electron chi connectivity index (χ2n) is 4.17. The van der Waals surface area contributed by atoms with Crippen LogP contribution in [-0.4, -0.2) is 12.1 Å². The number of thiophene rings is 1. The van der Waals surface area contributed by atoms with E-state index in [2.05, 4.69) is 0 Å². The maximum Gasteiger partial charge on any atom is 0.169 e. The summed E-state index contributed by atoms with van der Waals surface area (Å²) >= 11 is 1.65. The molecule has 0 amide bonds. The van der Waals surface area contributed by atoms with E-state index in [4.69, 9.17) is 14.8 Å². The summed E-state index contributed by atoms with van der Waals surface area (Å²) in [5.74, 6) is 0.643. The first-order chi connectivity index (χ1) is 9.86. The van der Waals surface area contributed by atoms with Crippen molar-refractivity contribution in [1.29, 1.82) is 0 Å². The summed E-state index contributed by atoms with van der Waals surface area (Å²) in [5.41, 5.74) is 2.80. The molecule has 0 radical (unpaired) electrons. The fourth-order valence-electron chi connectivity index (χ4n) is 1.96. The Labute approximate surface area is 121 Å². The monoisotopic (exact) mass is 283 g/mol. The number of hydrogen-bond acceptors (Lipinski definition) is 4. The van der Waals surface area contributed by atoms with Crippen molar-refractivity contribution in [2.75, 3.05) is 7.11 Å². The molecule has 0 saturated heterocycles. The molecule has 3 nitrogen and oxygen atoms in total. The zero-order chi connectivity index (χ0) is 13.8. The number of benzene rings is 1. The molecular weight excluding hydrogens is 270 g/mol. The van der Waals surface area contributed by atoms with E-state index < -0.39 is 0 Å². The van der Waals surface area contributed by atoms with Gasteiger partial charge in [0.2, 0.25) is 0 Å². The maximum atomic E-state index is 5.17. The van der Waals surface area contributed by atoms with Crippen molar-refractivity contribution < 1.29 is 9.78 Å². The summed E-state index contributed by atoms with van der Waals surface area (Å²) in [7, 11) is 1.49. The van der Waals surface area contributed by atoms with Crippen molar-refractivity contribution in [3.8, 4) is 27.6 Å². The molecular formula is C16H13NO2S.